The lowest BCUT2D eigenvalue weighted by Crippen LogP contribution is -2.26. The zero-order chi connectivity index (χ0) is 27.4. The molecular weight excluding hydrogens is 498 g/mol. The highest BCUT2D eigenvalue weighted by Gasteiger charge is 2.42. The molecule has 3 nitrogen and oxygen atoms in total. The van der Waals surface area contributed by atoms with Crippen LogP contribution in [0.25, 0.3) is 11.6 Å². The van der Waals surface area contributed by atoms with Gasteiger partial charge in [-0.2, -0.15) is 10.2 Å². The Morgan fingerprint density at radius 2 is 1.37 bits per heavy atom. The lowest BCUT2D eigenvalue weighted by atomic mass is 9.95. The van der Waals surface area contributed by atoms with Gasteiger partial charge >= 0.3 is 0 Å². The molecule has 3 heteroatoms. The first-order chi connectivity index (χ1) is 20.3. The Morgan fingerprint density at radius 3 is 2.05 bits per heavy atom. The summed E-state index contributed by atoms with van der Waals surface area (Å²) in [6.07, 6.45) is 6.07. The molecule has 200 valence electrons. The van der Waals surface area contributed by atoms with E-state index in [9.17, 15) is 0 Å². The minimum Gasteiger partial charge on any atom is -0.338 e. The van der Waals surface area contributed by atoms with Crippen molar-refractivity contribution in [3.8, 4) is 0 Å². The van der Waals surface area contributed by atoms with E-state index in [1.54, 1.807) is 0 Å². The zero-order valence-electron chi connectivity index (χ0n) is 23.1. The molecule has 5 aromatic rings. The van der Waals surface area contributed by atoms with Gasteiger partial charge < -0.3 is 4.90 Å². The Labute approximate surface area is 242 Å². The van der Waals surface area contributed by atoms with E-state index in [4.69, 9.17) is 0 Å². The van der Waals surface area contributed by atoms with Crippen molar-refractivity contribution in [2.45, 2.75) is 37.8 Å². The van der Waals surface area contributed by atoms with Crippen LogP contribution in [0.1, 0.15) is 53.0 Å². The van der Waals surface area contributed by atoms with E-state index in [1.807, 2.05) is 30.3 Å². The Morgan fingerprint density at radius 1 is 0.707 bits per heavy atom. The molecule has 41 heavy (non-hydrogen) atoms. The fourth-order valence-corrected chi connectivity index (χ4v) is 6.50. The first-order valence-corrected chi connectivity index (χ1v) is 14.6. The molecule has 1 saturated carbocycles. The summed E-state index contributed by atoms with van der Waals surface area (Å²) in [6.45, 7) is 0.603. The molecule has 5 aromatic carbocycles. The van der Waals surface area contributed by atoms with Gasteiger partial charge in [0.1, 0.15) is 0 Å². The zero-order valence-corrected chi connectivity index (χ0v) is 23.1. The van der Waals surface area contributed by atoms with E-state index in [0.29, 0.717) is 18.5 Å². The summed E-state index contributed by atoms with van der Waals surface area (Å²) in [5.74, 6) is 0.582. The maximum atomic E-state index is 4.48. The van der Waals surface area contributed by atoms with Crippen molar-refractivity contribution in [2.24, 2.45) is 10.2 Å². The monoisotopic (exact) mass is 531 g/mol. The molecule has 0 bridgehead atoms. The first kappa shape index (κ1) is 25.2. The maximum absolute atomic E-state index is 4.48. The van der Waals surface area contributed by atoms with Crippen LogP contribution in [0.15, 0.2) is 144 Å². The maximum Gasteiger partial charge on any atom is 0.0853 e. The standard InChI is InChI=1S/C38H33N3/c1-4-11-30(12-5-1)35(31-13-6-2-7-14-31)25-28-19-22-33(23-20-28)41-37-18-10-17-34(37)36-26-29(21-24-38(36)41)27-39-40-32-15-8-3-9-16-32/h1-9,11-16,19-26,34,37H,10,17-18,27H2. The number of anilines is 2. The van der Waals surface area contributed by atoms with Crippen molar-refractivity contribution in [3.63, 3.8) is 0 Å². The molecule has 2 aliphatic rings. The highest BCUT2D eigenvalue weighted by atomic mass is 15.2. The second kappa shape index (κ2) is 11.4. The molecule has 0 aromatic heterocycles. The summed E-state index contributed by atoms with van der Waals surface area (Å²) >= 11 is 0. The molecule has 2 unspecified atom stereocenters. The number of benzene rings is 5. The van der Waals surface area contributed by atoms with Crippen LogP contribution in [0.3, 0.4) is 0 Å². The molecule has 2 atom stereocenters. The summed E-state index contributed by atoms with van der Waals surface area (Å²) in [4.78, 5) is 2.59. The quantitative estimate of drug-likeness (QED) is 0.152. The normalized spacial score (nSPS) is 17.4. The first-order valence-electron chi connectivity index (χ1n) is 14.6. The van der Waals surface area contributed by atoms with Crippen LogP contribution < -0.4 is 4.90 Å². The predicted octanol–water partition coefficient (Wildman–Crippen LogP) is 10.3. The second-order valence-electron chi connectivity index (χ2n) is 11.0. The van der Waals surface area contributed by atoms with Crippen LogP contribution in [-0.4, -0.2) is 6.04 Å². The predicted molar refractivity (Wildman–Crippen MR) is 170 cm³/mol. The summed E-state index contributed by atoms with van der Waals surface area (Å²) in [6, 6.07) is 47.8. The molecule has 0 N–H and O–H groups in total. The molecule has 0 radical (unpaired) electrons. The number of rotatable bonds is 7. The average Bonchev–Trinajstić information content (AvgIpc) is 3.63. The van der Waals surface area contributed by atoms with Crippen molar-refractivity contribution in [2.75, 3.05) is 4.90 Å². The van der Waals surface area contributed by atoms with E-state index in [0.717, 1.165) is 5.69 Å². The van der Waals surface area contributed by atoms with Crippen LogP contribution >= 0.6 is 0 Å². The van der Waals surface area contributed by atoms with Crippen LogP contribution in [-0.2, 0) is 6.54 Å². The minimum atomic E-state index is 0.525. The lowest BCUT2D eigenvalue weighted by molar-refractivity contribution is 0.641. The molecular formula is C38H33N3. The smallest absolute Gasteiger partial charge is 0.0853 e. The number of hydrogen-bond acceptors (Lipinski definition) is 3. The van der Waals surface area contributed by atoms with E-state index in [1.165, 1.54) is 64.0 Å². The van der Waals surface area contributed by atoms with Gasteiger partial charge in [0.15, 0.2) is 0 Å². The Balaban J connectivity index is 1.16. The molecule has 1 fully saturated rings. The third-order valence-corrected chi connectivity index (χ3v) is 8.41. The number of nitrogens with zero attached hydrogens (tertiary/aromatic N) is 3. The van der Waals surface area contributed by atoms with Gasteiger partial charge in [0.2, 0.25) is 0 Å². The second-order valence-corrected chi connectivity index (χ2v) is 11.0. The third-order valence-electron chi connectivity index (χ3n) is 8.41. The molecule has 7 rings (SSSR count). The van der Waals surface area contributed by atoms with Gasteiger partial charge in [0, 0.05) is 23.3 Å². The van der Waals surface area contributed by atoms with Gasteiger partial charge in [-0.15, -0.1) is 0 Å². The van der Waals surface area contributed by atoms with Crippen molar-refractivity contribution < 1.29 is 0 Å². The van der Waals surface area contributed by atoms with Crippen LogP contribution in [0, 0.1) is 0 Å². The molecule has 0 saturated heterocycles. The lowest BCUT2D eigenvalue weighted by Gasteiger charge is -2.27. The molecule has 1 aliphatic carbocycles. The van der Waals surface area contributed by atoms with Gasteiger partial charge in [-0.05, 0) is 82.6 Å². The van der Waals surface area contributed by atoms with E-state index in [-0.39, 0.29) is 0 Å². The number of hydrogen-bond donors (Lipinski definition) is 0. The molecule has 0 spiro atoms. The Bertz CT molecular complexity index is 1630. The van der Waals surface area contributed by atoms with Crippen LogP contribution in [0.2, 0.25) is 0 Å². The largest absolute Gasteiger partial charge is 0.338 e. The minimum absolute atomic E-state index is 0.525. The topological polar surface area (TPSA) is 28.0 Å². The van der Waals surface area contributed by atoms with Gasteiger partial charge in [-0.25, -0.2) is 0 Å². The fourth-order valence-electron chi connectivity index (χ4n) is 6.50. The summed E-state index contributed by atoms with van der Waals surface area (Å²) in [7, 11) is 0. The van der Waals surface area contributed by atoms with E-state index in [2.05, 4.69) is 124 Å². The molecule has 1 heterocycles. The fraction of sp³-hybridized carbons (Fsp3) is 0.158. The molecule has 0 amide bonds. The summed E-state index contributed by atoms with van der Waals surface area (Å²) in [5.41, 5.74) is 11.1. The molecule has 1 aliphatic heterocycles. The van der Waals surface area contributed by atoms with Gasteiger partial charge in [0.05, 0.1) is 12.2 Å². The van der Waals surface area contributed by atoms with Gasteiger partial charge in [0.25, 0.3) is 0 Å². The summed E-state index contributed by atoms with van der Waals surface area (Å²) < 4.78 is 0. The van der Waals surface area contributed by atoms with E-state index >= 15 is 0 Å². The van der Waals surface area contributed by atoms with E-state index < -0.39 is 0 Å². The SMILES string of the molecule is C(=C(c1ccccc1)c1ccccc1)c1ccc(N2c3ccc(CN=Nc4ccccc4)cc3C3CCCC32)cc1. The van der Waals surface area contributed by atoms with Crippen molar-refractivity contribution in [1.29, 1.82) is 0 Å². The highest BCUT2D eigenvalue weighted by molar-refractivity contribution is 5.91. The average molecular weight is 532 g/mol. The van der Waals surface area contributed by atoms with Crippen molar-refractivity contribution in [3.05, 3.63) is 161 Å². The highest BCUT2D eigenvalue weighted by Crippen LogP contribution is 2.52. The van der Waals surface area contributed by atoms with Crippen molar-refractivity contribution in [1.82, 2.24) is 0 Å². The summed E-state index contributed by atoms with van der Waals surface area (Å²) in [5, 5.41) is 8.88. The third kappa shape index (κ3) is 5.24. The number of fused-ring (bicyclic) bond motifs is 3. The van der Waals surface area contributed by atoms with Crippen molar-refractivity contribution >= 4 is 28.7 Å². The Hall–Kier alpha value is -4.76. The van der Waals surface area contributed by atoms with Crippen LogP contribution in [0.5, 0.6) is 0 Å². The van der Waals surface area contributed by atoms with Gasteiger partial charge in [-0.3, -0.25) is 0 Å². The number of azo groups is 1. The van der Waals surface area contributed by atoms with Gasteiger partial charge in [-0.1, -0.05) is 110 Å². The van der Waals surface area contributed by atoms with Crippen LogP contribution in [0.4, 0.5) is 17.1 Å². The Kier molecular flexibility index (Phi) is 7.00.